The van der Waals surface area contributed by atoms with E-state index in [-0.39, 0.29) is 111 Å². The molecule has 630 valence electrons. The smallest absolute Gasteiger partial charge is 0.409 e. The van der Waals surface area contributed by atoms with Gasteiger partial charge in [0.15, 0.2) is 5.72 Å². The first kappa shape index (κ1) is 88.6. The van der Waals surface area contributed by atoms with Crippen molar-refractivity contribution in [2.75, 3.05) is 59.2 Å². The highest BCUT2D eigenvalue weighted by molar-refractivity contribution is 8.00. The van der Waals surface area contributed by atoms with E-state index in [4.69, 9.17) is 40.0 Å². The van der Waals surface area contributed by atoms with Crippen molar-refractivity contribution in [2.45, 2.75) is 197 Å². The highest BCUT2D eigenvalue weighted by Crippen LogP contribution is 2.50. The van der Waals surface area contributed by atoms with E-state index in [0.717, 1.165) is 33.9 Å². The molecule has 7 amide bonds. The van der Waals surface area contributed by atoms with E-state index in [0.29, 0.717) is 86.4 Å². The molecule has 3 saturated heterocycles. The quantitative estimate of drug-likeness (QED) is 0.00863. The van der Waals surface area contributed by atoms with Gasteiger partial charge in [0.2, 0.25) is 35.4 Å². The second-order valence-electron chi connectivity index (χ2n) is 31.4. The maximum absolute atomic E-state index is 14.6. The number of anilines is 1. The lowest BCUT2D eigenvalue weighted by atomic mass is 9.81. The molecule has 29 nitrogen and oxygen atoms in total. The fourth-order valence-corrected chi connectivity index (χ4v) is 17.3. The molecule has 0 spiro atoms. The number of benzene rings is 2. The number of esters is 2. The van der Waals surface area contributed by atoms with Gasteiger partial charge in [0.25, 0.3) is 0 Å². The number of imide groups is 1. The number of aliphatic hydroxyl groups is 1. The number of thioether (sulfide) groups is 1. The number of carbonyl (C=O) groups excluding carboxylic acids is 9. The van der Waals surface area contributed by atoms with Gasteiger partial charge in [-0.05, 0) is 137 Å². The molecule has 4 fully saturated rings. The van der Waals surface area contributed by atoms with Crippen LogP contribution in [0.1, 0.15) is 137 Å². The Hall–Kier alpha value is -10.2. The number of ether oxygens (including phenoxy) is 6. The van der Waals surface area contributed by atoms with Crippen molar-refractivity contribution in [1.29, 1.82) is 0 Å². The van der Waals surface area contributed by atoms with Gasteiger partial charge in [0.05, 0.1) is 60.5 Å². The summed E-state index contributed by atoms with van der Waals surface area (Å²) in [6.07, 6.45) is 9.44. The zero-order chi connectivity index (χ0) is 84.4. The van der Waals surface area contributed by atoms with Crippen molar-refractivity contribution < 1.29 is 81.8 Å². The van der Waals surface area contributed by atoms with Crippen LogP contribution < -0.4 is 25.6 Å². The molecule has 6 aromatic rings. The topological polar surface area (TPSA) is 357 Å². The zero-order valence-corrected chi connectivity index (χ0v) is 69.8. The van der Waals surface area contributed by atoms with Gasteiger partial charge < -0.3 is 59.1 Å². The minimum atomic E-state index is -1.91. The summed E-state index contributed by atoms with van der Waals surface area (Å²) in [4.78, 5) is 151. The van der Waals surface area contributed by atoms with Gasteiger partial charge in [-0.25, -0.2) is 14.4 Å². The van der Waals surface area contributed by atoms with E-state index in [1.807, 2.05) is 97.9 Å². The third-order valence-electron chi connectivity index (χ3n) is 22.7. The maximum atomic E-state index is 14.6. The van der Waals surface area contributed by atoms with Crippen LogP contribution >= 0.6 is 23.4 Å². The summed E-state index contributed by atoms with van der Waals surface area (Å²) < 4.78 is 35.0. The van der Waals surface area contributed by atoms with Crippen LogP contribution in [0.15, 0.2) is 146 Å². The predicted octanol–water partition coefficient (Wildman–Crippen LogP) is 9.06. The molecular weight excluding hydrogens is 1550 g/mol. The average molecular weight is 1660 g/mol. The molecular formula is C87H107ClN12O17S. The van der Waals surface area contributed by atoms with Crippen LogP contribution in [0, 0.1) is 17.8 Å². The van der Waals surface area contributed by atoms with Crippen molar-refractivity contribution in [3.63, 3.8) is 0 Å². The van der Waals surface area contributed by atoms with Crippen molar-refractivity contribution in [2.24, 2.45) is 17.8 Å². The summed E-state index contributed by atoms with van der Waals surface area (Å²) in [7, 11) is 7.12. The number of nitrogens with zero attached hydrogens (tertiary/aromatic N) is 9. The molecule has 4 bridgehead atoms. The summed E-state index contributed by atoms with van der Waals surface area (Å²) in [5, 5.41) is 32.2. The lowest BCUT2D eigenvalue weighted by Crippen LogP contribution is -2.63. The molecule has 31 heteroatoms. The van der Waals surface area contributed by atoms with Crippen LogP contribution in [-0.2, 0) is 114 Å². The lowest BCUT2D eigenvalue weighted by molar-refractivity contribution is -0.162. The summed E-state index contributed by atoms with van der Waals surface area (Å²) in [6, 6.07) is 27.8. The molecule has 2 aromatic carbocycles. The third-order valence-corrected chi connectivity index (χ3v) is 24.3. The Bertz CT molecular complexity index is 4400. The molecule has 118 heavy (non-hydrogen) atoms. The number of allylic oxidation sites excluding steroid dienone is 3. The number of phenolic OH excluding ortho intramolecular Hbond substituents is 1. The molecule has 1 aliphatic carbocycles. The summed E-state index contributed by atoms with van der Waals surface area (Å²) >= 11 is 8.06. The predicted molar refractivity (Wildman–Crippen MR) is 439 cm³/mol. The molecule has 0 radical (unpaired) electrons. The number of phenols is 1. The van der Waals surface area contributed by atoms with Gasteiger partial charge in [-0.1, -0.05) is 78.7 Å². The van der Waals surface area contributed by atoms with Crippen molar-refractivity contribution >= 4 is 82.5 Å². The number of fused-ring (bicyclic) bond motifs is 5. The average Bonchev–Trinajstić information content (AvgIpc) is 1.57. The largest absolute Gasteiger partial charge is 0.507 e. The number of alkyl carbamates (subject to hydrolysis) is 1. The third kappa shape index (κ3) is 23.2. The first-order valence-corrected chi connectivity index (χ1v) is 41.4. The number of likely N-dealkylation sites (N-methyl/N-ethyl adjacent to an activating group) is 1. The van der Waals surface area contributed by atoms with Crippen molar-refractivity contribution in [1.82, 2.24) is 55.5 Å². The van der Waals surface area contributed by atoms with Gasteiger partial charge in [-0.15, -0.1) is 11.8 Å². The molecule has 4 aromatic heterocycles. The highest BCUT2D eigenvalue weighted by atomic mass is 35.5. The molecule has 5 N–H and O–H groups in total. The number of nitrogens with one attached hydrogen (secondary N) is 3. The molecule has 11 rings (SSSR count). The van der Waals surface area contributed by atoms with E-state index >= 15 is 0 Å². The van der Waals surface area contributed by atoms with Gasteiger partial charge in [-0.2, -0.15) is 0 Å². The SMILES string of the molecule is COC(=O)C(Cc1cc(CN(Cc2ccccn2)Cc2ccccn2)c(O)c(CN(Cc2ccccn2)Cc2ccccn2)c1)NC(=O)CCCNC(=O)C1CCC(CN2C(=O)CC(SCCC(=O)N(C)[C@@H](C)C(=O)O[C@H]3CC(=O)N(C)c4cc(cc(OC)c4Cl)C/C(C)=C/C=C/[C@@H](OC)[C@@]4(O)C[C@H](OC(=O)N4)[C@@H](C)[C@@H]4OC34C)C2=O)CC1. The van der Waals surface area contributed by atoms with Gasteiger partial charge in [0, 0.05) is 159 Å². The maximum Gasteiger partial charge on any atom is 0.409 e. The van der Waals surface area contributed by atoms with Crippen LogP contribution in [0.4, 0.5) is 10.5 Å². The Morgan fingerprint density at radius 1 is 0.788 bits per heavy atom. The van der Waals surface area contributed by atoms with Gasteiger partial charge in [0.1, 0.15) is 52.5 Å². The number of hydrogen-bond donors (Lipinski definition) is 5. The molecule has 8 heterocycles. The monoisotopic (exact) mass is 1660 g/mol. The minimum absolute atomic E-state index is 0.0165. The summed E-state index contributed by atoms with van der Waals surface area (Å²) in [5.41, 5.74) is 3.79. The van der Waals surface area contributed by atoms with E-state index in [2.05, 4.69) is 45.7 Å². The Labute approximate surface area is 697 Å². The number of methoxy groups -OCH3 is 3. The number of carbonyl (C=O) groups is 9. The number of likely N-dealkylation sites (tertiary alicyclic amines) is 1. The highest BCUT2D eigenvalue weighted by Gasteiger charge is 2.65. The Balaban J connectivity index is 0.652. The summed E-state index contributed by atoms with van der Waals surface area (Å²) in [5.74, 6) is -4.22. The number of amides is 7. The van der Waals surface area contributed by atoms with Crippen molar-refractivity contribution in [3.05, 3.63) is 196 Å². The van der Waals surface area contributed by atoms with Crippen molar-refractivity contribution in [3.8, 4) is 11.5 Å². The van der Waals surface area contributed by atoms with Crippen LogP contribution in [0.25, 0.3) is 0 Å². The standard InChI is InChI=1S/C87H107ClN12O17S/c1-54-20-18-25-72(113-8)87(111)46-70(115-85(110)95-87)55(2)80-86(4,117-80)73(45-76(103)97(6)68-42-58(38-54)43-69(112-7)78(68)88)116-83(108)56(3)96(5)75(102)31-37-118-71-44-77(104)100(82(71)107)47-57-27-29-60(30-28-57)81(106)93-36-19-26-74(101)94-67(84(109)114-9)41-59-39-61(48-98(50-63-21-10-14-32-89-63)51-64-22-11-15-33-90-64)79(105)62(40-59)49-99(52-65-23-12-16-34-91-65)53-66-24-13-17-35-92-66/h10-18,20-25,32-35,39-40,42-43,55-57,60,67,70-73,80,105,111H,19,26-31,36-38,41,44-53H2,1-9H3,(H,93,106)(H,94,101)(H,95,110)/b25-18+,54-20+/t55-,56+,57?,60?,67?,70+,71?,72-,73+,80+,86?,87+/m1/s1. The van der Waals surface area contributed by atoms with Crippen LogP contribution in [0.3, 0.4) is 0 Å². The first-order chi connectivity index (χ1) is 56.6. The van der Waals surface area contributed by atoms with Crippen LogP contribution in [0.5, 0.6) is 11.5 Å². The Morgan fingerprint density at radius 3 is 1.93 bits per heavy atom. The number of rotatable bonds is 32. The first-order valence-electron chi connectivity index (χ1n) is 40.0. The normalized spacial score (nSPS) is 24.0. The zero-order valence-electron chi connectivity index (χ0n) is 68.2. The number of aromatic nitrogens is 4. The summed E-state index contributed by atoms with van der Waals surface area (Å²) in [6.45, 7) is 9.45. The Morgan fingerprint density at radius 2 is 1.38 bits per heavy atom. The van der Waals surface area contributed by atoms with Crippen LogP contribution in [0.2, 0.25) is 5.02 Å². The minimum Gasteiger partial charge on any atom is -0.507 e. The molecule has 3 unspecified atom stereocenters. The van der Waals surface area contributed by atoms with E-state index in [1.54, 1.807) is 70.0 Å². The second kappa shape index (κ2) is 41.0. The number of halogens is 1. The molecule has 1 saturated carbocycles. The van der Waals surface area contributed by atoms with E-state index < -0.39 is 101 Å². The molecule has 4 aliphatic heterocycles. The molecule has 5 aliphatic rings. The number of pyridine rings is 4. The van der Waals surface area contributed by atoms with Gasteiger partial charge >= 0.3 is 18.0 Å². The van der Waals surface area contributed by atoms with Crippen LogP contribution in [-0.4, -0.2) is 211 Å². The Kier molecular flexibility index (Phi) is 30.8. The number of aromatic hydroxyl groups is 1. The lowest BCUT2D eigenvalue weighted by Gasteiger charge is -2.42. The van der Waals surface area contributed by atoms with Gasteiger partial charge in [-0.3, -0.25) is 68.7 Å². The number of epoxide rings is 1. The fourth-order valence-electron chi connectivity index (χ4n) is 15.9. The van der Waals surface area contributed by atoms with E-state index in [9.17, 15) is 53.4 Å². The fraction of sp³-hybridized carbons (Fsp3) is 0.483. The molecule has 10 atom stereocenters. The second-order valence-corrected chi connectivity index (χ2v) is 33.0. The number of hydrogen-bond acceptors (Lipinski definition) is 24. The van der Waals surface area contributed by atoms with E-state index in [1.165, 1.54) is 61.8 Å².